The third kappa shape index (κ3) is 18.8. The molecule has 2 aromatic carbocycles. The second-order valence-corrected chi connectivity index (χ2v) is 23.4. The Balaban J connectivity index is 1.34. The van der Waals surface area contributed by atoms with Crippen molar-refractivity contribution < 1.29 is 81.1 Å². The van der Waals surface area contributed by atoms with Crippen LogP contribution in [0.25, 0.3) is 0 Å². The van der Waals surface area contributed by atoms with Crippen LogP contribution in [0.5, 0.6) is 5.75 Å². The van der Waals surface area contributed by atoms with E-state index in [-0.39, 0.29) is 71.4 Å². The topological polar surface area (TPSA) is 325 Å². The number of amides is 7. The van der Waals surface area contributed by atoms with E-state index in [4.69, 9.17) is 45.8 Å². The number of alkyl halides is 1. The number of allylic oxidation sites excluding steroid dienone is 3. The van der Waals surface area contributed by atoms with Gasteiger partial charge in [0.05, 0.1) is 49.6 Å². The zero-order valence-electron chi connectivity index (χ0n) is 50.6. The van der Waals surface area contributed by atoms with Gasteiger partial charge in [0.25, 0.3) is 5.91 Å². The molecule has 2 saturated heterocycles. The molecule has 7 amide bonds. The Morgan fingerprint density at radius 1 is 1.08 bits per heavy atom. The van der Waals surface area contributed by atoms with E-state index in [2.05, 4.69) is 49.1 Å². The van der Waals surface area contributed by atoms with Crippen molar-refractivity contribution in [3.05, 3.63) is 88.3 Å². The molecule has 478 valence electrons. The van der Waals surface area contributed by atoms with Crippen molar-refractivity contribution in [1.29, 1.82) is 0 Å². The van der Waals surface area contributed by atoms with Crippen LogP contribution < -0.4 is 42.0 Å². The highest BCUT2D eigenvalue weighted by Gasteiger charge is 2.64. The van der Waals surface area contributed by atoms with Gasteiger partial charge in [-0.25, -0.2) is 23.6 Å². The zero-order chi connectivity index (χ0) is 64.7. The summed E-state index contributed by atoms with van der Waals surface area (Å²) in [6, 6.07) is 1.40. The van der Waals surface area contributed by atoms with Crippen LogP contribution >= 0.6 is 27.5 Å². The molecule has 0 radical (unpaired) electrons. The van der Waals surface area contributed by atoms with E-state index in [1.165, 1.54) is 46.2 Å². The molecule has 5 rings (SSSR count). The number of hydrogen-bond donors (Lipinski definition) is 7. The Bertz CT molecular complexity index is 2950. The van der Waals surface area contributed by atoms with Crippen molar-refractivity contribution in [2.45, 2.75) is 153 Å². The van der Waals surface area contributed by atoms with Crippen molar-refractivity contribution in [1.82, 2.24) is 26.2 Å². The predicted octanol–water partition coefficient (Wildman–Crippen LogP) is 5.69. The second kappa shape index (κ2) is 31.8. The fraction of sp³-hybridized carbons (Fsp3) is 0.550. The number of methoxy groups -OCH3 is 2. The van der Waals surface area contributed by atoms with Crippen LogP contribution in [-0.2, 0) is 58.9 Å². The van der Waals surface area contributed by atoms with Crippen LogP contribution in [0.4, 0.5) is 25.4 Å². The lowest BCUT2D eigenvalue weighted by Gasteiger charge is -2.42. The summed E-state index contributed by atoms with van der Waals surface area (Å²) in [5, 5.41) is 25.5. The molecule has 4 bridgehead atoms. The predicted molar refractivity (Wildman–Crippen MR) is 323 cm³/mol. The lowest BCUT2D eigenvalue weighted by atomic mass is 9.83. The molecule has 0 aromatic heterocycles. The number of aldehydes is 1. The van der Waals surface area contributed by atoms with Crippen LogP contribution in [0.15, 0.2) is 66.3 Å². The van der Waals surface area contributed by atoms with Gasteiger partial charge in [-0.05, 0) is 101 Å². The summed E-state index contributed by atoms with van der Waals surface area (Å²) in [4.78, 5) is 122. The Kier molecular flexibility index (Phi) is 25.9. The molecule has 0 saturated carbocycles. The summed E-state index contributed by atoms with van der Waals surface area (Å²) in [5.74, 6) is -6.42. The quantitative estimate of drug-likeness (QED) is 0.0119. The molecule has 2 aromatic rings. The van der Waals surface area contributed by atoms with Gasteiger partial charge in [0, 0.05) is 56.7 Å². The number of primary amides is 1. The summed E-state index contributed by atoms with van der Waals surface area (Å²) in [7, 11) is 5.55. The number of ether oxygens (including phenoxy) is 6. The Labute approximate surface area is 519 Å². The number of alkyl carbamates (subject to hydrolysis) is 1. The summed E-state index contributed by atoms with van der Waals surface area (Å²) in [6.45, 7) is 13.8. The number of urea groups is 1. The van der Waals surface area contributed by atoms with Crippen LogP contribution in [0.1, 0.15) is 102 Å². The minimum absolute atomic E-state index is 0.0328. The van der Waals surface area contributed by atoms with Gasteiger partial charge in [-0.1, -0.05) is 78.7 Å². The Morgan fingerprint density at radius 3 is 2.43 bits per heavy atom. The molecule has 3 aliphatic rings. The normalized spacial score (nSPS) is 24.4. The SMILES string of the molecule is C=C(CBr)C(=O)OCCCC[C@@H](C=O)N[C@H](C(=O)N[C@@H](CCCNC(N)=O)C(=O)Nc1ccc(C(=O)N(C)[C@@H](C)C(=O)O[C@H]2CC(=O)N(C)c3cc(cc(OC)c3Cl)C/C(C)=C/C=C/[C@@H](OC)[C@@]3(O)C[C@H](OC(=O)N3)[C@@H](C)[C@@H]3O[C@@]23C)c(F)c1)C(C)C. The average Bonchev–Trinajstić information content (AvgIpc) is 1.59. The maximum Gasteiger partial charge on any atom is 0.409 e. The minimum Gasteiger partial charge on any atom is -0.495 e. The molecule has 24 nitrogen and oxygen atoms in total. The van der Waals surface area contributed by atoms with Crippen LogP contribution in [-0.4, -0.2) is 171 Å². The first-order valence-corrected chi connectivity index (χ1v) is 29.9. The number of carbonyl (C=O) groups is 9. The number of rotatable bonds is 25. The summed E-state index contributed by atoms with van der Waals surface area (Å²) in [6.07, 6.45) is 1.63. The molecule has 0 aliphatic carbocycles. The summed E-state index contributed by atoms with van der Waals surface area (Å²) < 4.78 is 50.7. The average molecular weight is 1300 g/mol. The number of aliphatic hydroxyl groups is 1. The van der Waals surface area contributed by atoms with Crippen molar-refractivity contribution in [3.8, 4) is 5.75 Å². The monoisotopic (exact) mass is 1300 g/mol. The third-order valence-corrected chi connectivity index (χ3v) is 16.7. The number of nitrogens with one attached hydrogen (secondary N) is 5. The molecule has 0 unspecified atom stereocenters. The van der Waals surface area contributed by atoms with Gasteiger partial charge >= 0.3 is 24.1 Å². The highest BCUT2D eigenvalue weighted by Crippen LogP contribution is 2.49. The van der Waals surface area contributed by atoms with Gasteiger partial charge in [-0.2, -0.15) is 0 Å². The first-order chi connectivity index (χ1) is 41.0. The lowest BCUT2D eigenvalue weighted by molar-refractivity contribution is -0.158. The molecule has 87 heavy (non-hydrogen) atoms. The molecule has 3 heterocycles. The standard InChI is InChI=1S/C60H81BrClFN8O16/c1-32(2)50(66-39(31-72)17-12-13-23-84-55(77)34(4)30-61)53(75)68-42(18-15-22-65-57(64)79)52(74)67-38-20-21-40(41(63)27-38)54(76)70(8)36(6)56(78)86-47-28-48(73)71(9)43-25-37(26-44(82-10)49(43)62)24-33(3)16-14-19-46(83-11)60(81)29-45(85-58(80)69-60)35(5)51-59(47,7)87-51/h14,16,19-21,25-27,31-32,35-36,39,42,45-47,50-51,66,81H,4,12-13,15,17-18,22-24,28-30H2,1-3,5-11H3,(H,67,74)(H,68,75)(H,69,80)(H3,64,65,79)/b19-14+,33-16+/t35-,36+,39+,42+,45+,46-,47+,50+,51+,59+,60+/m1/s1. The van der Waals surface area contributed by atoms with Crippen molar-refractivity contribution in [2.24, 2.45) is 17.6 Å². The van der Waals surface area contributed by atoms with E-state index in [9.17, 15) is 48.3 Å². The third-order valence-electron chi connectivity index (χ3n) is 15.6. The number of esters is 2. The largest absolute Gasteiger partial charge is 0.495 e. The molecular weight excluding hydrogens is 1220 g/mol. The number of nitrogens with zero attached hydrogens (tertiary/aromatic N) is 2. The Morgan fingerprint density at radius 2 is 1.79 bits per heavy atom. The van der Waals surface area contributed by atoms with Gasteiger partial charge in [0.15, 0.2) is 5.72 Å². The van der Waals surface area contributed by atoms with Gasteiger partial charge in [-0.3, -0.25) is 29.8 Å². The number of fused-ring (bicyclic) bond motifs is 5. The highest BCUT2D eigenvalue weighted by atomic mass is 79.9. The van der Waals surface area contributed by atoms with E-state index < -0.39 is 131 Å². The minimum atomic E-state index is -1.94. The molecule has 2 fully saturated rings. The number of nitrogens with two attached hydrogens (primary N) is 1. The molecule has 8 N–H and O–H groups in total. The first-order valence-electron chi connectivity index (χ1n) is 28.4. The molecule has 27 heteroatoms. The van der Waals surface area contributed by atoms with Crippen LogP contribution in [0.2, 0.25) is 5.02 Å². The highest BCUT2D eigenvalue weighted by molar-refractivity contribution is 9.09. The fourth-order valence-corrected chi connectivity index (χ4v) is 10.7. The van der Waals surface area contributed by atoms with Gasteiger partial charge in [0.2, 0.25) is 17.7 Å². The van der Waals surface area contributed by atoms with E-state index in [0.717, 1.165) is 22.6 Å². The van der Waals surface area contributed by atoms with E-state index in [1.54, 1.807) is 52.0 Å². The number of unbranched alkanes of at least 4 members (excludes halogenated alkanes) is 1. The molecular formula is C60H81BrClFN8O16. The van der Waals surface area contributed by atoms with Crippen molar-refractivity contribution >= 4 is 92.9 Å². The number of anilines is 2. The molecule has 0 spiro atoms. The fourth-order valence-electron chi connectivity index (χ4n) is 10.2. The Hall–Kier alpha value is -6.97. The smallest absolute Gasteiger partial charge is 0.409 e. The van der Waals surface area contributed by atoms with Gasteiger partial charge in [0.1, 0.15) is 58.9 Å². The summed E-state index contributed by atoms with van der Waals surface area (Å²) in [5.41, 5.74) is 3.35. The number of epoxide rings is 1. The van der Waals surface area contributed by atoms with Crippen LogP contribution in [0.3, 0.4) is 0 Å². The number of hydrogen-bond acceptors (Lipinski definition) is 17. The maximum atomic E-state index is 16.2. The van der Waals surface area contributed by atoms with Gasteiger partial charge < -0.3 is 69.8 Å². The number of halogens is 3. The van der Waals surface area contributed by atoms with Crippen molar-refractivity contribution in [2.75, 3.05) is 57.0 Å². The van der Waals surface area contributed by atoms with Crippen molar-refractivity contribution in [3.63, 3.8) is 0 Å². The van der Waals surface area contributed by atoms with E-state index in [0.29, 0.717) is 37.5 Å². The van der Waals surface area contributed by atoms with E-state index >= 15 is 4.39 Å². The number of benzene rings is 2. The first kappa shape index (κ1) is 70.8. The van der Waals surface area contributed by atoms with Gasteiger partial charge in [-0.15, -0.1) is 0 Å². The number of carbonyl (C=O) groups excluding carboxylic acids is 9. The second-order valence-electron chi connectivity index (χ2n) is 22.5. The summed E-state index contributed by atoms with van der Waals surface area (Å²) >= 11 is 9.98. The number of likely N-dealkylation sites (N-methyl/N-ethyl adjacent to an activating group) is 1. The molecule has 11 atom stereocenters. The lowest BCUT2D eigenvalue weighted by Crippen LogP contribution is -2.63. The molecule has 3 aliphatic heterocycles. The van der Waals surface area contributed by atoms with Crippen LogP contribution in [0, 0.1) is 17.7 Å². The van der Waals surface area contributed by atoms with E-state index in [1.807, 2.05) is 13.0 Å². The zero-order valence-corrected chi connectivity index (χ0v) is 53.0. The maximum absolute atomic E-state index is 16.2.